The summed E-state index contributed by atoms with van der Waals surface area (Å²) in [4.78, 5) is 38.1. The van der Waals surface area contributed by atoms with E-state index in [1.807, 2.05) is 12.1 Å². The number of para-hydroxylation sites is 1. The van der Waals surface area contributed by atoms with Gasteiger partial charge in [0.1, 0.15) is 5.82 Å². The fourth-order valence-corrected chi connectivity index (χ4v) is 5.99. The van der Waals surface area contributed by atoms with Crippen LogP contribution in [0, 0.1) is 11.7 Å². The summed E-state index contributed by atoms with van der Waals surface area (Å²) in [5.74, 6) is -6.98. The van der Waals surface area contributed by atoms with E-state index in [0.717, 1.165) is 22.5 Å². The zero-order valence-corrected chi connectivity index (χ0v) is 23.6. The van der Waals surface area contributed by atoms with Crippen molar-refractivity contribution in [1.82, 2.24) is 9.47 Å². The molecule has 0 bridgehead atoms. The molecule has 1 aliphatic heterocycles. The molecule has 1 saturated carbocycles. The number of amides is 1. The number of carbonyl (C=O) groups is 3. The van der Waals surface area contributed by atoms with E-state index in [-0.39, 0.29) is 34.6 Å². The Morgan fingerprint density at radius 3 is 2.55 bits per heavy atom. The smallest absolute Gasteiger partial charge is 0.345 e. The van der Waals surface area contributed by atoms with E-state index in [4.69, 9.17) is 26.2 Å². The van der Waals surface area contributed by atoms with Crippen molar-refractivity contribution in [2.45, 2.75) is 56.6 Å². The molecule has 8 nitrogen and oxygen atoms in total. The lowest BCUT2D eigenvalue weighted by Gasteiger charge is -2.29. The van der Waals surface area contributed by atoms with E-state index in [0.29, 0.717) is 31.1 Å². The van der Waals surface area contributed by atoms with Gasteiger partial charge in [0, 0.05) is 36.6 Å². The summed E-state index contributed by atoms with van der Waals surface area (Å²) in [5, 5.41) is 9.68. The molecule has 1 amide bonds. The molecule has 1 saturated heterocycles. The Bertz CT molecular complexity index is 1520. The van der Waals surface area contributed by atoms with Gasteiger partial charge in [0.25, 0.3) is 5.92 Å². The van der Waals surface area contributed by atoms with Gasteiger partial charge in [-0.25, -0.2) is 18.0 Å². The number of halogens is 4. The van der Waals surface area contributed by atoms with E-state index in [1.165, 1.54) is 0 Å². The number of carboxylic acids is 1. The van der Waals surface area contributed by atoms with E-state index in [1.54, 1.807) is 29.9 Å². The summed E-state index contributed by atoms with van der Waals surface area (Å²) in [7, 11) is 1.77. The molecule has 0 spiro atoms. The number of ether oxygens (including phenoxy) is 2. The number of benzene rings is 2. The van der Waals surface area contributed by atoms with Gasteiger partial charge in [-0.05, 0) is 43.4 Å². The van der Waals surface area contributed by atoms with Crippen LogP contribution in [0.15, 0.2) is 42.6 Å². The topological polar surface area (TPSA) is 98.1 Å². The summed E-state index contributed by atoms with van der Waals surface area (Å²) in [5.41, 5.74) is 0.941. The van der Waals surface area contributed by atoms with Gasteiger partial charge in [-0.1, -0.05) is 29.8 Å². The van der Waals surface area contributed by atoms with Crippen molar-refractivity contribution in [2.75, 3.05) is 13.2 Å². The molecule has 5 rings (SSSR count). The van der Waals surface area contributed by atoms with Gasteiger partial charge >= 0.3 is 11.9 Å². The predicted molar refractivity (Wildman–Crippen MR) is 147 cm³/mol. The standard InChI is InChI=1S/C30H30ClF3N2O6/c1-35-14-22(21-4-2-3-5-25(21)35)29(40)42-26-12-24(32)18(10-23(26)31)11-27(37)36-16-30(33,34)13-19(36)15-41-20-8-6-17(7-9-20)28(38)39/h2-5,10,12,14,17,19-20H,6-9,11,13,15-16H2,1H3,(H,38,39)/t17?,19-,20?/m0/s1. The number of rotatable bonds is 8. The first kappa shape index (κ1) is 29.9. The second-order valence-corrected chi connectivity index (χ2v) is 11.4. The van der Waals surface area contributed by atoms with Crippen molar-refractivity contribution in [3.05, 3.63) is 64.6 Å². The van der Waals surface area contributed by atoms with Gasteiger partial charge in [0.05, 0.1) is 48.2 Å². The third-order valence-corrected chi connectivity index (χ3v) is 8.30. The number of fused-ring (bicyclic) bond motifs is 1. The summed E-state index contributed by atoms with van der Waals surface area (Å²) >= 11 is 6.29. The summed E-state index contributed by atoms with van der Waals surface area (Å²) in [6.45, 7) is -0.947. The highest BCUT2D eigenvalue weighted by Crippen LogP contribution is 2.35. The molecule has 2 aliphatic rings. The van der Waals surface area contributed by atoms with Crippen molar-refractivity contribution in [3.8, 4) is 5.75 Å². The number of alkyl halides is 2. The fourth-order valence-electron chi connectivity index (χ4n) is 5.77. The summed E-state index contributed by atoms with van der Waals surface area (Å²) < 4.78 is 56.7. The molecule has 42 heavy (non-hydrogen) atoms. The molecular formula is C30H30ClF3N2O6. The predicted octanol–water partition coefficient (Wildman–Crippen LogP) is 5.63. The van der Waals surface area contributed by atoms with Crippen molar-refractivity contribution in [3.63, 3.8) is 0 Å². The quantitative estimate of drug-likeness (QED) is 0.264. The van der Waals surface area contributed by atoms with E-state index < -0.39 is 60.9 Å². The monoisotopic (exact) mass is 606 g/mol. The number of carboxylic acid groups (broad SMARTS) is 1. The van der Waals surface area contributed by atoms with E-state index in [2.05, 4.69) is 0 Å². The lowest BCUT2D eigenvalue weighted by Crippen LogP contribution is -2.41. The molecule has 2 heterocycles. The van der Waals surface area contributed by atoms with Crippen molar-refractivity contribution in [2.24, 2.45) is 13.0 Å². The van der Waals surface area contributed by atoms with E-state index >= 15 is 4.39 Å². The van der Waals surface area contributed by atoms with Crippen molar-refractivity contribution in [1.29, 1.82) is 0 Å². The van der Waals surface area contributed by atoms with Crippen LogP contribution in [0.25, 0.3) is 10.9 Å². The minimum Gasteiger partial charge on any atom is -0.481 e. The number of carbonyl (C=O) groups excluding carboxylic acids is 2. The Balaban J connectivity index is 1.23. The van der Waals surface area contributed by atoms with Crippen LogP contribution in [-0.2, 0) is 27.8 Å². The second-order valence-electron chi connectivity index (χ2n) is 11.0. The third kappa shape index (κ3) is 6.42. The van der Waals surface area contributed by atoms with Crippen LogP contribution in [0.1, 0.15) is 48.0 Å². The lowest BCUT2D eigenvalue weighted by molar-refractivity contribution is -0.144. The molecular weight excluding hydrogens is 577 g/mol. The lowest BCUT2D eigenvalue weighted by atomic mass is 9.87. The Hall–Kier alpha value is -3.57. The van der Waals surface area contributed by atoms with Crippen LogP contribution in [0.5, 0.6) is 5.75 Å². The molecule has 12 heteroatoms. The van der Waals surface area contributed by atoms with Crippen LogP contribution in [-0.4, -0.2) is 63.6 Å². The average molecular weight is 607 g/mol. The zero-order valence-electron chi connectivity index (χ0n) is 22.8. The summed E-state index contributed by atoms with van der Waals surface area (Å²) in [6, 6.07) is 8.34. The first-order valence-electron chi connectivity index (χ1n) is 13.7. The van der Waals surface area contributed by atoms with Crippen LogP contribution < -0.4 is 4.74 Å². The number of hydrogen-bond donors (Lipinski definition) is 1. The highest BCUT2D eigenvalue weighted by atomic mass is 35.5. The van der Waals surface area contributed by atoms with Crippen LogP contribution in [0.4, 0.5) is 13.2 Å². The number of aromatic nitrogens is 1. The molecule has 0 unspecified atom stereocenters. The van der Waals surface area contributed by atoms with Gasteiger partial charge in [-0.2, -0.15) is 0 Å². The Kier molecular flexibility index (Phi) is 8.52. The van der Waals surface area contributed by atoms with Crippen molar-refractivity contribution >= 4 is 40.3 Å². The van der Waals surface area contributed by atoms with Crippen LogP contribution in [0.2, 0.25) is 5.02 Å². The molecule has 224 valence electrons. The minimum absolute atomic E-state index is 0.114. The number of aryl methyl sites for hydroxylation is 1. The fraction of sp³-hybridized carbons (Fsp3) is 0.433. The number of hydrogen-bond acceptors (Lipinski definition) is 5. The van der Waals surface area contributed by atoms with Gasteiger partial charge in [-0.15, -0.1) is 0 Å². The second kappa shape index (κ2) is 12.0. The maximum absolute atomic E-state index is 15.1. The molecule has 1 aliphatic carbocycles. The molecule has 2 fully saturated rings. The Labute approximate surface area is 244 Å². The summed E-state index contributed by atoms with van der Waals surface area (Å²) in [6.07, 6.45) is 2.08. The Morgan fingerprint density at radius 2 is 1.83 bits per heavy atom. The number of esters is 1. The molecule has 3 aromatic rings. The molecule has 1 aromatic heterocycles. The molecule has 1 N–H and O–H groups in total. The number of likely N-dealkylation sites (tertiary alicyclic amines) is 1. The minimum atomic E-state index is -3.12. The van der Waals surface area contributed by atoms with Gasteiger partial charge in [0.2, 0.25) is 5.91 Å². The first-order chi connectivity index (χ1) is 19.9. The third-order valence-electron chi connectivity index (χ3n) is 8.01. The molecule has 0 radical (unpaired) electrons. The highest BCUT2D eigenvalue weighted by Gasteiger charge is 2.47. The van der Waals surface area contributed by atoms with Gasteiger partial charge in [-0.3, -0.25) is 9.59 Å². The average Bonchev–Trinajstić information content (AvgIpc) is 3.46. The maximum Gasteiger partial charge on any atom is 0.345 e. The first-order valence-corrected chi connectivity index (χ1v) is 14.1. The van der Waals surface area contributed by atoms with Crippen LogP contribution >= 0.6 is 11.6 Å². The SMILES string of the molecule is Cn1cc(C(=O)Oc2cc(F)c(CC(=O)N3CC(F)(F)C[C@H]3COC3CCC(C(=O)O)CC3)cc2Cl)c2ccccc21. The number of aliphatic carboxylic acids is 1. The van der Waals surface area contributed by atoms with Gasteiger partial charge < -0.3 is 24.0 Å². The van der Waals surface area contributed by atoms with Crippen LogP contribution in [0.3, 0.4) is 0 Å². The molecule has 2 aromatic carbocycles. The van der Waals surface area contributed by atoms with Gasteiger partial charge in [0.15, 0.2) is 5.75 Å². The Morgan fingerprint density at radius 1 is 1.12 bits per heavy atom. The molecule has 1 atom stereocenters. The normalized spacial score (nSPS) is 21.9. The van der Waals surface area contributed by atoms with E-state index in [9.17, 15) is 23.2 Å². The largest absolute Gasteiger partial charge is 0.481 e. The maximum atomic E-state index is 15.1. The highest BCUT2D eigenvalue weighted by molar-refractivity contribution is 6.32. The number of nitrogens with zero attached hydrogens (tertiary/aromatic N) is 2. The zero-order chi connectivity index (χ0) is 30.2. The van der Waals surface area contributed by atoms with Crippen molar-refractivity contribution < 1.29 is 42.1 Å².